The van der Waals surface area contributed by atoms with Crippen LogP contribution in [-0.2, 0) is 25.9 Å². The van der Waals surface area contributed by atoms with Crippen LogP contribution in [0.2, 0.25) is 0 Å². The van der Waals surface area contributed by atoms with E-state index in [4.69, 9.17) is 0 Å². The van der Waals surface area contributed by atoms with Crippen LogP contribution in [0.25, 0.3) is 0 Å². The third-order valence-corrected chi connectivity index (χ3v) is 5.57. The van der Waals surface area contributed by atoms with Gasteiger partial charge in [0.25, 0.3) is 5.56 Å². The average molecular weight is 341 g/mol. The third kappa shape index (κ3) is 3.84. The number of rotatable bonds is 5. The smallest absolute Gasteiger partial charge is 0.267 e. The van der Waals surface area contributed by atoms with Crippen LogP contribution in [0.1, 0.15) is 36.1 Å². The first-order valence-corrected chi connectivity index (χ1v) is 9.49. The van der Waals surface area contributed by atoms with Crippen LogP contribution in [-0.4, -0.2) is 44.1 Å². The number of piperidine rings is 1. The molecule has 25 heavy (non-hydrogen) atoms. The fraction of sp³-hybridized carbons (Fsp3) is 0.632. The Morgan fingerprint density at radius 3 is 2.80 bits per heavy atom. The minimum Gasteiger partial charge on any atom is -0.301 e. The Balaban J connectivity index is 1.28. The van der Waals surface area contributed by atoms with Crippen molar-refractivity contribution in [1.82, 2.24) is 24.5 Å². The maximum absolute atomic E-state index is 12.3. The Kier molecular flexibility index (Phi) is 4.70. The van der Waals surface area contributed by atoms with Crippen LogP contribution in [0.15, 0.2) is 23.3 Å². The van der Waals surface area contributed by atoms with Crippen molar-refractivity contribution in [3.05, 3.63) is 45.6 Å². The zero-order valence-corrected chi connectivity index (χ0v) is 15.0. The highest BCUT2D eigenvalue weighted by Crippen LogP contribution is 2.20. The molecule has 1 aliphatic carbocycles. The van der Waals surface area contributed by atoms with Gasteiger partial charge in [-0.1, -0.05) is 0 Å². The summed E-state index contributed by atoms with van der Waals surface area (Å²) in [7, 11) is 0. The molecule has 2 aromatic rings. The molecule has 0 amide bonds. The number of nitrogens with zero attached hydrogens (tertiary/aromatic N) is 5. The lowest BCUT2D eigenvalue weighted by molar-refractivity contribution is 0.163. The van der Waals surface area contributed by atoms with E-state index in [1.54, 1.807) is 4.68 Å². The molecule has 134 valence electrons. The summed E-state index contributed by atoms with van der Waals surface area (Å²) in [6, 6.07) is 1.82. The Morgan fingerprint density at radius 2 is 2.04 bits per heavy atom. The first kappa shape index (κ1) is 16.5. The van der Waals surface area contributed by atoms with E-state index in [1.165, 1.54) is 11.1 Å². The number of aromatic nitrogens is 4. The fourth-order valence-corrected chi connectivity index (χ4v) is 4.04. The van der Waals surface area contributed by atoms with Gasteiger partial charge in [-0.2, -0.15) is 10.2 Å². The Morgan fingerprint density at radius 1 is 1.20 bits per heavy atom. The molecule has 0 atom stereocenters. The van der Waals surface area contributed by atoms with Crippen LogP contribution >= 0.6 is 0 Å². The zero-order chi connectivity index (χ0) is 17.2. The minimum atomic E-state index is 0.0807. The molecular weight excluding hydrogens is 314 g/mol. The third-order valence-electron chi connectivity index (χ3n) is 5.57. The van der Waals surface area contributed by atoms with Crippen LogP contribution in [0.3, 0.4) is 0 Å². The van der Waals surface area contributed by atoms with Crippen molar-refractivity contribution < 1.29 is 0 Å². The zero-order valence-electron chi connectivity index (χ0n) is 15.0. The van der Waals surface area contributed by atoms with Gasteiger partial charge in [-0.15, -0.1) is 0 Å². The van der Waals surface area contributed by atoms with Crippen LogP contribution in [0.4, 0.5) is 0 Å². The minimum absolute atomic E-state index is 0.0807. The second-order valence-electron chi connectivity index (χ2n) is 7.56. The van der Waals surface area contributed by atoms with E-state index in [-0.39, 0.29) is 5.56 Å². The van der Waals surface area contributed by atoms with Gasteiger partial charge >= 0.3 is 0 Å². The van der Waals surface area contributed by atoms with Gasteiger partial charge in [0.15, 0.2) is 0 Å². The van der Waals surface area contributed by atoms with Crippen LogP contribution in [0.5, 0.6) is 0 Å². The van der Waals surface area contributed by atoms with Gasteiger partial charge in [0, 0.05) is 25.4 Å². The molecule has 0 N–H and O–H groups in total. The van der Waals surface area contributed by atoms with Gasteiger partial charge in [-0.25, -0.2) is 4.68 Å². The van der Waals surface area contributed by atoms with E-state index < -0.39 is 0 Å². The molecule has 1 saturated heterocycles. The molecule has 0 radical (unpaired) electrons. The SMILES string of the molecule is Cc1cnn(CCN2CCC(Cn3nc4c(cc3=O)CCC4)CC2)c1. The summed E-state index contributed by atoms with van der Waals surface area (Å²) in [5, 5.41) is 8.98. The lowest BCUT2D eigenvalue weighted by Gasteiger charge is -2.31. The Labute approximate surface area is 148 Å². The van der Waals surface area contributed by atoms with Gasteiger partial charge in [-0.3, -0.25) is 9.48 Å². The fourth-order valence-electron chi connectivity index (χ4n) is 4.04. The second-order valence-corrected chi connectivity index (χ2v) is 7.56. The van der Waals surface area contributed by atoms with Crippen molar-refractivity contribution in [3.63, 3.8) is 0 Å². The lowest BCUT2D eigenvalue weighted by Crippen LogP contribution is -2.38. The highest BCUT2D eigenvalue weighted by molar-refractivity contribution is 5.22. The molecule has 2 aromatic heterocycles. The summed E-state index contributed by atoms with van der Waals surface area (Å²) in [5.41, 5.74) is 3.61. The monoisotopic (exact) mass is 341 g/mol. The van der Waals surface area contributed by atoms with E-state index in [2.05, 4.69) is 28.2 Å². The molecule has 2 aliphatic rings. The Hall–Kier alpha value is -1.95. The number of fused-ring (bicyclic) bond motifs is 1. The van der Waals surface area contributed by atoms with E-state index in [1.807, 2.05) is 16.9 Å². The molecule has 0 unspecified atom stereocenters. The van der Waals surface area contributed by atoms with E-state index >= 15 is 0 Å². The molecule has 6 nitrogen and oxygen atoms in total. The summed E-state index contributed by atoms with van der Waals surface area (Å²) in [6.07, 6.45) is 9.48. The molecule has 1 aliphatic heterocycles. The van der Waals surface area contributed by atoms with Crippen molar-refractivity contribution in [2.45, 2.75) is 52.1 Å². The lowest BCUT2D eigenvalue weighted by atomic mass is 9.97. The van der Waals surface area contributed by atoms with Crippen molar-refractivity contribution >= 4 is 0 Å². The number of hydrogen-bond acceptors (Lipinski definition) is 4. The average Bonchev–Trinajstić information content (AvgIpc) is 3.23. The summed E-state index contributed by atoms with van der Waals surface area (Å²) in [5.74, 6) is 0.563. The first-order chi connectivity index (χ1) is 12.2. The van der Waals surface area contributed by atoms with E-state index in [0.717, 1.165) is 70.5 Å². The first-order valence-electron chi connectivity index (χ1n) is 9.49. The van der Waals surface area contributed by atoms with Crippen molar-refractivity contribution in [2.75, 3.05) is 19.6 Å². The molecule has 3 heterocycles. The van der Waals surface area contributed by atoms with Crippen molar-refractivity contribution in [3.8, 4) is 0 Å². The van der Waals surface area contributed by atoms with Gasteiger partial charge in [-0.05, 0) is 69.2 Å². The normalized spacial score (nSPS) is 18.6. The highest BCUT2D eigenvalue weighted by Gasteiger charge is 2.21. The maximum Gasteiger partial charge on any atom is 0.267 e. The largest absolute Gasteiger partial charge is 0.301 e. The predicted molar refractivity (Wildman–Crippen MR) is 96.7 cm³/mol. The molecule has 4 rings (SSSR count). The standard InChI is InChI=1S/C19H27N5O/c1-15-12-20-23(13-15)10-9-22-7-5-16(6-8-22)14-24-19(25)11-17-3-2-4-18(17)21-24/h11-13,16H,2-10,14H2,1H3. The number of hydrogen-bond donors (Lipinski definition) is 0. The Bertz CT molecular complexity index is 785. The van der Waals surface area contributed by atoms with Crippen LogP contribution < -0.4 is 5.56 Å². The van der Waals surface area contributed by atoms with Crippen LogP contribution in [0, 0.1) is 12.8 Å². The van der Waals surface area contributed by atoms with Gasteiger partial charge in [0.2, 0.25) is 0 Å². The van der Waals surface area contributed by atoms with Crippen molar-refractivity contribution in [1.29, 1.82) is 0 Å². The number of likely N-dealkylation sites (tertiary alicyclic amines) is 1. The molecule has 1 fully saturated rings. The highest BCUT2D eigenvalue weighted by atomic mass is 16.1. The van der Waals surface area contributed by atoms with Crippen molar-refractivity contribution in [2.24, 2.45) is 5.92 Å². The summed E-state index contributed by atoms with van der Waals surface area (Å²) >= 11 is 0. The molecule has 0 saturated carbocycles. The second kappa shape index (κ2) is 7.12. The van der Waals surface area contributed by atoms with Gasteiger partial charge in [0.05, 0.1) is 18.4 Å². The topological polar surface area (TPSA) is 56.0 Å². The quantitative estimate of drug-likeness (QED) is 0.830. The molecule has 0 bridgehead atoms. The molecule has 6 heteroatoms. The molecular formula is C19H27N5O. The van der Waals surface area contributed by atoms with E-state index in [0.29, 0.717) is 5.92 Å². The molecule has 0 aromatic carbocycles. The summed E-state index contributed by atoms with van der Waals surface area (Å²) in [6.45, 7) is 7.05. The van der Waals surface area contributed by atoms with Gasteiger partial charge in [0.1, 0.15) is 0 Å². The van der Waals surface area contributed by atoms with Gasteiger partial charge < -0.3 is 4.90 Å². The molecule has 0 spiro atoms. The van der Waals surface area contributed by atoms with E-state index in [9.17, 15) is 4.79 Å². The summed E-state index contributed by atoms with van der Waals surface area (Å²) in [4.78, 5) is 14.8. The maximum atomic E-state index is 12.3. The number of aryl methyl sites for hydroxylation is 3. The predicted octanol–water partition coefficient (Wildman–Crippen LogP) is 1.65. The summed E-state index contributed by atoms with van der Waals surface area (Å²) < 4.78 is 3.74.